The van der Waals surface area contributed by atoms with E-state index in [4.69, 9.17) is 4.42 Å². The average molecular weight is 379 g/mol. The number of aryl methyl sites for hydroxylation is 2. The molecule has 4 aromatic rings. The molecule has 1 heterocycles. The predicted molar refractivity (Wildman–Crippen MR) is 116 cm³/mol. The smallest absolute Gasteiger partial charge is 0.291 e. The summed E-state index contributed by atoms with van der Waals surface area (Å²) in [5.74, 6) is 0.764. The molecule has 0 saturated carbocycles. The van der Waals surface area contributed by atoms with Crippen molar-refractivity contribution in [2.24, 2.45) is 0 Å². The van der Waals surface area contributed by atoms with Gasteiger partial charge in [0, 0.05) is 11.3 Å². The number of nitrogens with one attached hydrogen (secondary N) is 1. The van der Waals surface area contributed by atoms with Crippen LogP contribution in [-0.4, -0.2) is 5.91 Å². The number of amides is 1. The van der Waals surface area contributed by atoms with Gasteiger partial charge >= 0.3 is 0 Å². The minimum absolute atomic E-state index is 0.240. The molecule has 1 aliphatic carbocycles. The van der Waals surface area contributed by atoms with Crippen LogP contribution in [0.25, 0.3) is 22.5 Å². The summed E-state index contributed by atoms with van der Waals surface area (Å²) in [6.45, 7) is 4.15. The maximum Gasteiger partial charge on any atom is 0.291 e. The van der Waals surface area contributed by atoms with Crippen molar-refractivity contribution in [3.8, 4) is 22.5 Å². The van der Waals surface area contributed by atoms with Gasteiger partial charge in [-0.05, 0) is 84.0 Å². The third kappa shape index (κ3) is 3.15. The van der Waals surface area contributed by atoms with Crippen LogP contribution in [0.1, 0.15) is 32.8 Å². The van der Waals surface area contributed by atoms with Gasteiger partial charge in [0.25, 0.3) is 5.91 Å². The predicted octanol–water partition coefficient (Wildman–Crippen LogP) is 6.39. The molecule has 142 valence electrons. The van der Waals surface area contributed by atoms with Crippen molar-refractivity contribution in [3.05, 3.63) is 101 Å². The highest BCUT2D eigenvalue weighted by Crippen LogP contribution is 2.37. The number of hydrogen-bond donors (Lipinski definition) is 1. The van der Waals surface area contributed by atoms with Gasteiger partial charge in [-0.3, -0.25) is 4.79 Å². The largest absolute Gasteiger partial charge is 0.451 e. The first-order valence-corrected chi connectivity index (χ1v) is 9.78. The zero-order valence-corrected chi connectivity index (χ0v) is 16.5. The molecule has 0 spiro atoms. The Morgan fingerprint density at radius 3 is 2.52 bits per heavy atom. The van der Waals surface area contributed by atoms with Gasteiger partial charge in [0.2, 0.25) is 0 Å². The van der Waals surface area contributed by atoms with Crippen molar-refractivity contribution in [2.75, 3.05) is 5.32 Å². The van der Waals surface area contributed by atoms with Crippen LogP contribution in [0.2, 0.25) is 0 Å². The molecule has 0 fully saturated rings. The molecule has 3 heteroatoms. The van der Waals surface area contributed by atoms with Crippen LogP contribution < -0.4 is 5.32 Å². The Morgan fingerprint density at radius 1 is 0.828 bits per heavy atom. The zero-order chi connectivity index (χ0) is 20.0. The number of benzene rings is 3. The minimum atomic E-state index is -0.240. The van der Waals surface area contributed by atoms with E-state index in [9.17, 15) is 4.79 Å². The van der Waals surface area contributed by atoms with Gasteiger partial charge in [-0.25, -0.2) is 0 Å². The minimum Gasteiger partial charge on any atom is -0.451 e. The van der Waals surface area contributed by atoms with Gasteiger partial charge in [-0.15, -0.1) is 0 Å². The second-order valence-corrected chi connectivity index (χ2v) is 7.62. The van der Waals surface area contributed by atoms with E-state index in [2.05, 4.69) is 67.7 Å². The third-order valence-corrected chi connectivity index (χ3v) is 5.67. The second kappa shape index (κ2) is 6.78. The summed E-state index contributed by atoms with van der Waals surface area (Å²) in [6.07, 6.45) is 0.896. The van der Waals surface area contributed by atoms with Crippen molar-refractivity contribution in [2.45, 2.75) is 20.3 Å². The Morgan fingerprint density at radius 2 is 1.66 bits per heavy atom. The lowest BCUT2D eigenvalue weighted by Gasteiger charge is -2.07. The van der Waals surface area contributed by atoms with Gasteiger partial charge in [0.05, 0.1) is 0 Å². The highest BCUT2D eigenvalue weighted by Gasteiger charge is 2.19. The Balaban J connectivity index is 1.36. The molecule has 3 aromatic carbocycles. The quantitative estimate of drug-likeness (QED) is 0.395. The van der Waals surface area contributed by atoms with Crippen LogP contribution in [0.5, 0.6) is 0 Å². The van der Waals surface area contributed by atoms with Crippen LogP contribution in [0.4, 0.5) is 5.69 Å². The molecule has 0 unspecified atom stereocenters. The van der Waals surface area contributed by atoms with Gasteiger partial charge in [0.1, 0.15) is 5.76 Å². The molecule has 1 aliphatic rings. The normalized spacial score (nSPS) is 11.8. The first-order valence-electron chi connectivity index (χ1n) is 9.78. The van der Waals surface area contributed by atoms with E-state index < -0.39 is 0 Å². The molecule has 1 aromatic heterocycles. The summed E-state index contributed by atoms with van der Waals surface area (Å²) < 4.78 is 5.83. The van der Waals surface area contributed by atoms with Crippen molar-refractivity contribution < 1.29 is 9.21 Å². The molecule has 0 aliphatic heterocycles. The highest BCUT2D eigenvalue weighted by atomic mass is 16.3. The van der Waals surface area contributed by atoms with Gasteiger partial charge in [0.15, 0.2) is 5.76 Å². The van der Waals surface area contributed by atoms with E-state index >= 15 is 0 Å². The fraction of sp³-hybridized carbons (Fsp3) is 0.115. The number of fused-ring (bicyclic) bond motifs is 3. The van der Waals surface area contributed by atoms with Gasteiger partial charge in [-0.2, -0.15) is 0 Å². The van der Waals surface area contributed by atoms with Crippen LogP contribution in [-0.2, 0) is 6.42 Å². The molecule has 1 N–H and O–H groups in total. The molecule has 5 rings (SSSR count). The lowest BCUT2D eigenvalue weighted by Crippen LogP contribution is -2.10. The Labute approximate surface area is 170 Å². The monoisotopic (exact) mass is 379 g/mol. The van der Waals surface area contributed by atoms with E-state index in [0.717, 1.165) is 17.7 Å². The van der Waals surface area contributed by atoms with Crippen molar-refractivity contribution in [1.29, 1.82) is 0 Å². The van der Waals surface area contributed by atoms with Crippen molar-refractivity contribution >= 4 is 11.6 Å². The number of rotatable bonds is 3. The third-order valence-electron chi connectivity index (χ3n) is 5.67. The first-order chi connectivity index (χ1) is 14.1. The standard InChI is InChI=1S/C26H21NO2/c1-16-7-8-19(13-17(16)2)24-11-12-25(29-24)26(28)27-21-9-10-23-20(15-21)14-18-5-3-4-6-22(18)23/h3-13,15H,14H2,1-2H3,(H,27,28). The summed E-state index contributed by atoms with van der Waals surface area (Å²) in [6, 6.07) is 24.3. The van der Waals surface area contributed by atoms with Gasteiger partial charge < -0.3 is 9.73 Å². The Hall–Kier alpha value is -3.59. The summed E-state index contributed by atoms with van der Waals surface area (Å²) in [7, 11) is 0. The van der Waals surface area contributed by atoms with E-state index in [1.54, 1.807) is 6.07 Å². The SMILES string of the molecule is Cc1ccc(-c2ccc(C(=O)Nc3ccc4c(c3)Cc3ccccc3-4)o2)cc1C. The van der Waals surface area contributed by atoms with Crippen LogP contribution in [0.3, 0.4) is 0 Å². The zero-order valence-electron chi connectivity index (χ0n) is 16.5. The van der Waals surface area contributed by atoms with Crippen LogP contribution in [0, 0.1) is 13.8 Å². The number of furan rings is 1. The molecule has 1 amide bonds. The van der Waals surface area contributed by atoms with Crippen molar-refractivity contribution in [3.63, 3.8) is 0 Å². The fourth-order valence-corrected chi connectivity index (χ4v) is 3.93. The number of carbonyl (C=O) groups is 1. The maximum absolute atomic E-state index is 12.7. The fourth-order valence-electron chi connectivity index (χ4n) is 3.93. The molecule has 0 radical (unpaired) electrons. The second-order valence-electron chi connectivity index (χ2n) is 7.62. The molecule has 0 atom stereocenters. The molecule has 3 nitrogen and oxygen atoms in total. The van der Waals surface area contributed by atoms with E-state index in [-0.39, 0.29) is 5.91 Å². The first kappa shape index (κ1) is 17.5. The average Bonchev–Trinajstić information content (AvgIpc) is 3.34. The maximum atomic E-state index is 12.7. The van der Waals surface area contributed by atoms with Crippen molar-refractivity contribution in [1.82, 2.24) is 0 Å². The summed E-state index contributed by atoms with van der Waals surface area (Å²) in [5.41, 5.74) is 9.28. The summed E-state index contributed by atoms with van der Waals surface area (Å²) in [4.78, 5) is 12.7. The molecule has 0 bridgehead atoms. The van der Waals surface area contributed by atoms with Crippen LogP contribution >= 0.6 is 0 Å². The molecular weight excluding hydrogens is 358 g/mol. The van der Waals surface area contributed by atoms with E-state index in [0.29, 0.717) is 11.5 Å². The van der Waals surface area contributed by atoms with Crippen LogP contribution in [0.15, 0.2) is 77.2 Å². The Kier molecular flexibility index (Phi) is 4.09. The number of anilines is 1. The van der Waals surface area contributed by atoms with E-state index in [1.165, 1.54) is 33.4 Å². The van der Waals surface area contributed by atoms with Gasteiger partial charge in [-0.1, -0.05) is 42.5 Å². The highest BCUT2D eigenvalue weighted by molar-refractivity contribution is 6.03. The number of hydrogen-bond acceptors (Lipinski definition) is 2. The molecular formula is C26H21NO2. The summed E-state index contributed by atoms with van der Waals surface area (Å²) >= 11 is 0. The number of carbonyl (C=O) groups excluding carboxylic acids is 1. The topological polar surface area (TPSA) is 42.2 Å². The Bertz CT molecular complexity index is 1250. The molecule has 29 heavy (non-hydrogen) atoms. The lowest BCUT2D eigenvalue weighted by atomic mass is 10.1. The molecule has 0 saturated heterocycles. The van der Waals surface area contributed by atoms with E-state index in [1.807, 2.05) is 18.2 Å². The lowest BCUT2D eigenvalue weighted by molar-refractivity contribution is 0.0997. The summed E-state index contributed by atoms with van der Waals surface area (Å²) in [5, 5.41) is 2.97.